The van der Waals surface area contributed by atoms with Crippen LogP contribution in [0, 0.1) is 0 Å². The Morgan fingerprint density at radius 1 is 1.73 bits per heavy atom. The highest BCUT2D eigenvalue weighted by molar-refractivity contribution is 6.06. The van der Waals surface area contributed by atoms with E-state index in [4.69, 9.17) is 5.11 Å². The van der Waals surface area contributed by atoms with Gasteiger partial charge in [0.05, 0.1) is 6.08 Å². The van der Waals surface area contributed by atoms with Gasteiger partial charge in [-0.25, -0.2) is 14.6 Å². The SMILES string of the molecule is CC1=N/C(=C/C(=O)O)C(=O)O1. The molecule has 0 aliphatic carbocycles. The van der Waals surface area contributed by atoms with E-state index in [0.29, 0.717) is 6.08 Å². The fourth-order valence-electron chi connectivity index (χ4n) is 0.633. The molecule has 0 aromatic heterocycles. The van der Waals surface area contributed by atoms with Gasteiger partial charge < -0.3 is 9.84 Å². The van der Waals surface area contributed by atoms with Crippen LogP contribution < -0.4 is 0 Å². The van der Waals surface area contributed by atoms with Crippen molar-refractivity contribution in [1.29, 1.82) is 0 Å². The number of hydrogen-bond acceptors (Lipinski definition) is 4. The first-order valence-corrected chi connectivity index (χ1v) is 2.81. The summed E-state index contributed by atoms with van der Waals surface area (Å²) in [5.74, 6) is -1.76. The molecule has 0 spiro atoms. The van der Waals surface area contributed by atoms with Crippen LogP contribution in [0.3, 0.4) is 0 Å². The molecule has 0 radical (unpaired) electrons. The summed E-state index contributed by atoms with van der Waals surface area (Å²) in [6.45, 7) is 1.47. The molecule has 0 aromatic carbocycles. The van der Waals surface area contributed by atoms with E-state index in [9.17, 15) is 9.59 Å². The van der Waals surface area contributed by atoms with Crippen LogP contribution in [-0.2, 0) is 14.3 Å². The first-order chi connectivity index (χ1) is 5.09. The van der Waals surface area contributed by atoms with Crippen molar-refractivity contribution >= 4 is 17.8 Å². The Balaban J connectivity index is 2.90. The van der Waals surface area contributed by atoms with Gasteiger partial charge in [-0.15, -0.1) is 0 Å². The summed E-state index contributed by atoms with van der Waals surface area (Å²) in [5.41, 5.74) is -0.171. The fraction of sp³-hybridized carbons (Fsp3) is 0.167. The van der Waals surface area contributed by atoms with Crippen LogP contribution in [0.4, 0.5) is 0 Å². The predicted molar refractivity (Wildman–Crippen MR) is 34.9 cm³/mol. The van der Waals surface area contributed by atoms with Crippen LogP contribution in [-0.4, -0.2) is 22.9 Å². The third kappa shape index (κ3) is 1.64. The van der Waals surface area contributed by atoms with Crippen molar-refractivity contribution < 1.29 is 19.4 Å². The number of carboxylic acids is 1. The zero-order valence-corrected chi connectivity index (χ0v) is 5.70. The van der Waals surface area contributed by atoms with Crippen LogP contribution in [0.5, 0.6) is 0 Å². The van der Waals surface area contributed by atoms with Crippen molar-refractivity contribution in [3.8, 4) is 0 Å². The Morgan fingerprint density at radius 2 is 2.36 bits per heavy atom. The van der Waals surface area contributed by atoms with Crippen LogP contribution >= 0.6 is 0 Å². The Morgan fingerprint density at radius 3 is 2.73 bits per heavy atom. The summed E-state index contributed by atoms with van der Waals surface area (Å²) in [6, 6.07) is 0. The second-order valence-corrected chi connectivity index (χ2v) is 1.89. The average Bonchev–Trinajstić information content (AvgIpc) is 2.09. The van der Waals surface area contributed by atoms with E-state index in [-0.39, 0.29) is 11.6 Å². The van der Waals surface area contributed by atoms with Crippen LogP contribution in [0.2, 0.25) is 0 Å². The highest BCUT2D eigenvalue weighted by Crippen LogP contribution is 2.09. The highest BCUT2D eigenvalue weighted by Gasteiger charge is 2.20. The zero-order chi connectivity index (χ0) is 8.43. The lowest BCUT2D eigenvalue weighted by molar-refractivity contribution is -0.133. The maximum atomic E-state index is 10.7. The van der Waals surface area contributed by atoms with Gasteiger partial charge in [0.1, 0.15) is 0 Å². The number of aliphatic carboxylic acids is 1. The van der Waals surface area contributed by atoms with Crippen LogP contribution in [0.25, 0.3) is 0 Å². The van der Waals surface area contributed by atoms with E-state index >= 15 is 0 Å². The maximum Gasteiger partial charge on any atom is 0.363 e. The Hall–Kier alpha value is -1.65. The van der Waals surface area contributed by atoms with Crippen molar-refractivity contribution in [3.63, 3.8) is 0 Å². The third-order valence-corrected chi connectivity index (χ3v) is 0.988. The average molecular weight is 155 g/mol. The summed E-state index contributed by atoms with van der Waals surface area (Å²) in [4.78, 5) is 24.2. The van der Waals surface area contributed by atoms with E-state index in [0.717, 1.165) is 0 Å². The van der Waals surface area contributed by atoms with Gasteiger partial charge in [0, 0.05) is 6.92 Å². The minimum absolute atomic E-state index is 0.169. The van der Waals surface area contributed by atoms with Gasteiger partial charge in [-0.2, -0.15) is 0 Å². The van der Waals surface area contributed by atoms with Gasteiger partial charge in [0.2, 0.25) is 0 Å². The standard InChI is InChI=1S/C6H5NO4/c1-3-7-4(2-5(8)9)6(10)11-3/h2H,1H3,(H,8,9)/b4-2+. The molecule has 5 heteroatoms. The molecule has 1 N–H and O–H groups in total. The summed E-state index contributed by atoms with van der Waals surface area (Å²) in [5, 5.41) is 8.22. The summed E-state index contributed by atoms with van der Waals surface area (Å²) < 4.78 is 4.45. The first-order valence-electron chi connectivity index (χ1n) is 2.81. The van der Waals surface area contributed by atoms with E-state index in [1.165, 1.54) is 6.92 Å². The van der Waals surface area contributed by atoms with Gasteiger partial charge in [-0.1, -0.05) is 0 Å². The molecule has 0 unspecified atom stereocenters. The molecule has 1 aliphatic heterocycles. The molecule has 58 valence electrons. The first kappa shape index (κ1) is 7.46. The zero-order valence-electron chi connectivity index (χ0n) is 5.70. The van der Waals surface area contributed by atoms with E-state index in [2.05, 4.69) is 9.73 Å². The second-order valence-electron chi connectivity index (χ2n) is 1.89. The molecule has 0 saturated heterocycles. The predicted octanol–water partition coefficient (Wildman–Crippen LogP) is -0.0699. The minimum atomic E-state index is -1.21. The molecule has 5 nitrogen and oxygen atoms in total. The molecule has 0 atom stereocenters. The second kappa shape index (κ2) is 2.53. The van der Waals surface area contributed by atoms with Crippen molar-refractivity contribution in [2.24, 2.45) is 4.99 Å². The molecular weight excluding hydrogens is 150 g/mol. The molecule has 0 fully saturated rings. The quantitative estimate of drug-likeness (QED) is 0.424. The number of nitrogens with zero attached hydrogens (tertiary/aromatic N) is 1. The molecule has 0 amide bonds. The van der Waals surface area contributed by atoms with Gasteiger partial charge in [0.25, 0.3) is 0 Å². The Labute approximate surface area is 62.0 Å². The van der Waals surface area contributed by atoms with Gasteiger partial charge in [-0.05, 0) is 0 Å². The highest BCUT2D eigenvalue weighted by atomic mass is 16.6. The summed E-state index contributed by atoms with van der Waals surface area (Å²) in [7, 11) is 0. The fourth-order valence-corrected chi connectivity index (χ4v) is 0.633. The number of cyclic esters (lactones) is 1. The summed E-state index contributed by atoms with van der Waals surface area (Å²) >= 11 is 0. The molecule has 1 aliphatic rings. The van der Waals surface area contributed by atoms with Gasteiger partial charge in [0.15, 0.2) is 11.6 Å². The minimum Gasteiger partial charge on any atom is -0.478 e. The van der Waals surface area contributed by atoms with Crippen molar-refractivity contribution in [1.82, 2.24) is 0 Å². The molecule has 0 bridgehead atoms. The van der Waals surface area contributed by atoms with Crippen molar-refractivity contribution in [2.45, 2.75) is 6.92 Å². The molecular formula is C6H5NO4. The van der Waals surface area contributed by atoms with Gasteiger partial charge >= 0.3 is 11.9 Å². The number of rotatable bonds is 1. The third-order valence-electron chi connectivity index (χ3n) is 0.988. The monoisotopic (exact) mass is 155 g/mol. The smallest absolute Gasteiger partial charge is 0.363 e. The molecule has 0 saturated carbocycles. The summed E-state index contributed by atoms with van der Waals surface area (Å²) in [6.07, 6.45) is 0.707. The molecule has 0 aromatic rings. The number of esters is 1. The lowest BCUT2D eigenvalue weighted by Crippen LogP contribution is -2.01. The Kier molecular flexibility index (Phi) is 1.72. The number of hydrogen-bond donors (Lipinski definition) is 1. The lowest BCUT2D eigenvalue weighted by atomic mass is 10.4. The number of carbonyl (C=O) groups excluding carboxylic acids is 1. The van der Waals surface area contributed by atoms with Crippen LogP contribution in [0.1, 0.15) is 6.92 Å². The maximum absolute atomic E-state index is 10.7. The molecule has 11 heavy (non-hydrogen) atoms. The van der Waals surface area contributed by atoms with E-state index in [1.807, 2.05) is 0 Å². The van der Waals surface area contributed by atoms with Crippen LogP contribution in [0.15, 0.2) is 16.8 Å². The van der Waals surface area contributed by atoms with Crippen molar-refractivity contribution in [2.75, 3.05) is 0 Å². The Bertz CT molecular complexity index is 276. The number of ether oxygens (including phenoxy) is 1. The molecule has 1 rings (SSSR count). The van der Waals surface area contributed by atoms with Crippen molar-refractivity contribution in [3.05, 3.63) is 11.8 Å². The topological polar surface area (TPSA) is 76.0 Å². The lowest BCUT2D eigenvalue weighted by Gasteiger charge is -1.86. The number of carbonyl (C=O) groups is 2. The van der Waals surface area contributed by atoms with Gasteiger partial charge in [-0.3, -0.25) is 0 Å². The number of carboxylic acid groups (broad SMARTS) is 1. The normalized spacial score (nSPS) is 19.9. The van der Waals surface area contributed by atoms with E-state index < -0.39 is 11.9 Å². The molecule has 1 heterocycles. The largest absolute Gasteiger partial charge is 0.478 e. The number of aliphatic imine (C=N–C) groups is 1. The van der Waals surface area contributed by atoms with E-state index in [1.54, 1.807) is 0 Å².